The molecule has 0 heterocycles. The van der Waals surface area contributed by atoms with Crippen molar-refractivity contribution in [2.45, 2.75) is 26.7 Å². The molecule has 1 rings (SSSR count). The van der Waals surface area contributed by atoms with Crippen LogP contribution in [0.2, 0.25) is 0 Å². The molecule has 30 heavy (non-hydrogen) atoms. The summed E-state index contributed by atoms with van der Waals surface area (Å²) in [7, 11) is -3.72. The first-order chi connectivity index (χ1) is 14.1. The number of allylic oxidation sites excluding steroid dienone is 1. The summed E-state index contributed by atoms with van der Waals surface area (Å²) in [5, 5.41) is 9.21. The normalized spacial score (nSPS) is 13.9. The van der Waals surface area contributed by atoms with Gasteiger partial charge in [0.05, 0.1) is 24.6 Å². The van der Waals surface area contributed by atoms with Crippen LogP contribution in [-0.4, -0.2) is 42.7 Å². The van der Waals surface area contributed by atoms with Crippen molar-refractivity contribution in [1.82, 2.24) is 15.3 Å². The fourth-order valence-electron chi connectivity index (χ4n) is 3.00. The predicted molar refractivity (Wildman–Crippen MR) is 116 cm³/mol. The number of hydroxylamine groups is 1. The number of nitrogens with zero attached hydrogens (tertiary/aromatic N) is 1. The highest BCUT2D eigenvalue weighted by molar-refractivity contribution is 7.88. The van der Waals surface area contributed by atoms with E-state index in [2.05, 4.69) is 12.0 Å². The Hall–Kier alpha value is -2.49. The van der Waals surface area contributed by atoms with Gasteiger partial charge in [-0.1, -0.05) is 62.4 Å². The van der Waals surface area contributed by atoms with E-state index in [1.165, 1.54) is 6.08 Å². The Labute approximate surface area is 178 Å². The van der Waals surface area contributed by atoms with Gasteiger partial charge in [0, 0.05) is 0 Å². The molecule has 8 nitrogen and oxygen atoms in total. The minimum Gasteiger partial charge on any atom is -0.289 e. The molecule has 0 aliphatic heterocycles. The van der Waals surface area contributed by atoms with Gasteiger partial charge in [0.15, 0.2) is 0 Å². The Morgan fingerprint density at radius 1 is 1.17 bits per heavy atom. The lowest BCUT2D eigenvalue weighted by Gasteiger charge is -2.28. The Kier molecular flexibility index (Phi) is 10.4. The lowest BCUT2D eigenvalue weighted by Crippen LogP contribution is -2.50. The molecule has 9 heteroatoms. The van der Waals surface area contributed by atoms with Crippen LogP contribution in [0.25, 0.3) is 6.08 Å². The minimum atomic E-state index is -3.72. The van der Waals surface area contributed by atoms with E-state index < -0.39 is 33.7 Å². The van der Waals surface area contributed by atoms with Crippen LogP contribution in [0.1, 0.15) is 32.3 Å². The summed E-state index contributed by atoms with van der Waals surface area (Å²) in [5.74, 6) is -3.01. The van der Waals surface area contributed by atoms with E-state index >= 15 is 0 Å². The Bertz CT molecular complexity index is 837. The Balaban J connectivity index is 3.13. The topological polar surface area (TPSA) is 116 Å². The van der Waals surface area contributed by atoms with Gasteiger partial charge < -0.3 is 0 Å². The second-order valence-corrected chi connectivity index (χ2v) is 9.33. The van der Waals surface area contributed by atoms with E-state index in [1.807, 2.05) is 50.3 Å². The maximum absolute atomic E-state index is 13.0. The third kappa shape index (κ3) is 8.48. The molecule has 0 radical (unpaired) electrons. The van der Waals surface area contributed by atoms with Gasteiger partial charge in [0.1, 0.15) is 0 Å². The summed E-state index contributed by atoms with van der Waals surface area (Å²) < 4.78 is 24.6. The molecule has 3 N–H and O–H groups in total. The number of hydrogen-bond acceptors (Lipinski definition) is 5. The van der Waals surface area contributed by atoms with Gasteiger partial charge in [-0.05, 0) is 24.3 Å². The summed E-state index contributed by atoms with van der Waals surface area (Å²) >= 11 is 0. The zero-order chi connectivity index (χ0) is 22.7. The molecule has 0 aliphatic carbocycles. The number of benzene rings is 1. The van der Waals surface area contributed by atoms with E-state index in [0.717, 1.165) is 16.2 Å². The van der Waals surface area contributed by atoms with E-state index in [4.69, 9.17) is 0 Å². The average molecular weight is 438 g/mol. The second-order valence-electron chi connectivity index (χ2n) is 7.43. The monoisotopic (exact) mass is 437 g/mol. The first-order valence-electron chi connectivity index (χ1n) is 9.64. The lowest BCUT2D eigenvalue weighted by molar-refractivity contribution is -0.141. The van der Waals surface area contributed by atoms with Crippen molar-refractivity contribution in [3.05, 3.63) is 54.6 Å². The molecule has 1 aromatic carbocycles. The van der Waals surface area contributed by atoms with E-state index in [0.29, 0.717) is 6.42 Å². The lowest BCUT2D eigenvalue weighted by atomic mass is 9.82. The number of carbonyl (C=O) groups excluding carboxylic acids is 2. The number of rotatable bonds is 12. The highest BCUT2D eigenvalue weighted by Gasteiger charge is 2.35. The maximum atomic E-state index is 13.0. The molecule has 0 spiro atoms. The van der Waals surface area contributed by atoms with Crippen molar-refractivity contribution in [2.75, 3.05) is 12.8 Å². The molecule has 0 fully saturated rings. The van der Waals surface area contributed by atoms with Crippen molar-refractivity contribution < 1.29 is 23.2 Å². The van der Waals surface area contributed by atoms with Crippen molar-refractivity contribution in [3.63, 3.8) is 0 Å². The Morgan fingerprint density at radius 3 is 2.30 bits per heavy atom. The van der Waals surface area contributed by atoms with Crippen LogP contribution in [0.5, 0.6) is 0 Å². The zero-order valence-corrected chi connectivity index (χ0v) is 18.4. The Morgan fingerprint density at radius 2 is 1.80 bits per heavy atom. The minimum absolute atomic E-state index is 0.0546. The molecule has 2 amide bonds. The van der Waals surface area contributed by atoms with E-state index in [-0.39, 0.29) is 18.9 Å². The van der Waals surface area contributed by atoms with E-state index in [1.54, 1.807) is 11.6 Å². The molecule has 0 bridgehead atoms. The number of sulfonamides is 1. The molecule has 166 valence electrons. The molecule has 1 aromatic rings. The number of carbonyl (C=O) groups is 2. The molecule has 0 aromatic heterocycles. The summed E-state index contributed by atoms with van der Waals surface area (Å²) in [5.41, 5.74) is 4.94. The van der Waals surface area contributed by atoms with Crippen LogP contribution in [0.3, 0.4) is 0 Å². The van der Waals surface area contributed by atoms with Gasteiger partial charge in [-0.2, -0.15) is 0 Å². The zero-order valence-electron chi connectivity index (χ0n) is 17.6. The third-order valence-corrected chi connectivity index (χ3v) is 5.47. The molecule has 0 unspecified atom stereocenters. The summed E-state index contributed by atoms with van der Waals surface area (Å²) in [6.07, 6.45) is 6.41. The van der Waals surface area contributed by atoms with Crippen LogP contribution in [0.4, 0.5) is 0 Å². The molecule has 2 atom stereocenters. The molecule has 0 aliphatic rings. The highest BCUT2D eigenvalue weighted by atomic mass is 32.2. The van der Waals surface area contributed by atoms with Crippen molar-refractivity contribution in [2.24, 2.45) is 17.8 Å². The van der Waals surface area contributed by atoms with E-state index in [9.17, 15) is 23.2 Å². The van der Waals surface area contributed by atoms with Gasteiger partial charge in [-0.3, -0.25) is 20.2 Å². The van der Waals surface area contributed by atoms with Crippen molar-refractivity contribution in [3.8, 4) is 0 Å². The van der Waals surface area contributed by atoms with Gasteiger partial charge in [0.2, 0.25) is 21.8 Å². The smallest absolute Gasteiger partial charge is 0.247 e. The summed E-state index contributed by atoms with van der Waals surface area (Å²) in [4.78, 5) is 25.3. The maximum Gasteiger partial charge on any atom is 0.247 e. The largest absolute Gasteiger partial charge is 0.289 e. The standard InChI is InChI=1S/C21H31N3O5S/c1-5-14-24(30(4,28)29)22-20(25)19(15-16(2)3)18(21(26)23-27)13-9-12-17-10-7-6-8-11-17/h5-12,16,18-19,27H,1,13-15H2,2-4H3,(H,22,25)(H,23,26)/b12-9+/t18-,19+/m0/s1. The molecular formula is C21H31N3O5S. The summed E-state index contributed by atoms with van der Waals surface area (Å²) in [6.45, 7) is 7.18. The van der Waals surface area contributed by atoms with Gasteiger partial charge in [-0.15, -0.1) is 11.0 Å². The van der Waals surface area contributed by atoms with Gasteiger partial charge in [0.25, 0.3) is 0 Å². The fraction of sp³-hybridized carbons (Fsp3) is 0.429. The number of amides is 2. The molecule has 0 saturated carbocycles. The van der Waals surface area contributed by atoms with Crippen LogP contribution >= 0.6 is 0 Å². The van der Waals surface area contributed by atoms with Crippen molar-refractivity contribution >= 4 is 27.9 Å². The second kappa shape index (κ2) is 12.3. The average Bonchev–Trinajstić information content (AvgIpc) is 2.68. The molecule has 0 saturated heterocycles. The quantitative estimate of drug-likeness (QED) is 0.264. The summed E-state index contributed by atoms with van der Waals surface area (Å²) in [6, 6.07) is 9.45. The van der Waals surface area contributed by atoms with Crippen LogP contribution in [0, 0.1) is 17.8 Å². The van der Waals surface area contributed by atoms with Crippen LogP contribution in [-0.2, 0) is 19.6 Å². The SMILES string of the molecule is C=CCN(NC(=O)[C@H](CC(C)C)[C@H](C/C=C/c1ccccc1)C(=O)NO)S(C)(=O)=O. The van der Waals surface area contributed by atoms with Crippen LogP contribution in [0.15, 0.2) is 49.1 Å². The van der Waals surface area contributed by atoms with Crippen LogP contribution < -0.4 is 10.9 Å². The number of nitrogens with one attached hydrogen (secondary N) is 2. The first-order valence-corrected chi connectivity index (χ1v) is 11.5. The van der Waals surface area contributed by atoms with Crippen molar-refractivity contribution in [1.29, 1.82) is 0 Å². The first kappa shape index (κ1) is 25.5. The van der Waals surface area contributed by atoms with Gasteiger partial charge >= 0.3 is 0 Å². The van der Waals surface area contributed by atoms with Gasteiger partial charge in [-0.25, -0.2) is 13.9 Å². The third-order valence-electron chi connectivity index (χ3n) is 4.42. The molecular weight excluding hydrogens is 406 g/mol. The highest BCUT2D eigenvalue weighted by Crippen LogP contribution is 2.25. The number of hydrogen-bond donors (Lipinski definition) is 3. The predicted octanol–water partition coefficient (Wildman–Crippen LogP) is 2.35. The number of hydrazine groups is 1. The fourth-order valence-corrected chi connectivity index (χ4v) is 3.63.